The molecule has 1 unspecified atom stereocenters. The zero-order chi connectivity index (χ0) is 15.5. The lowest BCUT2D eigenvalue weighted by Crippen LogP contribution is -2.56. The summed E-state index contributed by atoms with van der Waals surface area (Å²) in [6.07, 6.45) is 0.994. The van der Waals surface area contributed by atoms with E-state index in [1.165, 1.54) is 11.1 Å². The molecule has 1 atom stereocenters. The van der Waals surface area contributed by atoms with Crippen LogP contribution in [0.3, 0.4) is 0 Å². The van der Waals surface area contributed by atoms with Gasteiger partial charge in [-0.05, 0) is 29.9 Å². The summed E-state index contributed by atoms with van der Waals surface area (Å²) < 4.78 is 5.46. The third kappa shape index (κ3) is 4.06. The molecule has 2 N–H and O–H groups in total. The van der Waals surface area contributed by atoms with Crippen LogP contribution >= 0.6 is 0 Å². The first-order valence-electron chi connectivity index (χ1n) is 7.97. The molecule has 1 aliphatic heterocycles. The fourth-order valence-electron chi connectivity index (χ4n) is 2.98. The highest BCUT2D eigenvalue weighted by Gasteiger charge is 2.31. The predicted octanol–water partition coefficient (Wildman–Crippen LogP) is 2.58. The molecule has 0 aliphatic carbocycles. The minimum absolute atomic E-state index is 0.0209. The first-order chi connectivity index (χ1) is 9.85. The van der Waals surface area contributed by atoms with E-state index in [0.29, 0.717) is 6.54 Å². The Balaban J connectivity index is 2.10. The minimum atomic E-state index is 0.0209. The molecule has 2 rings (SSSR count). The molecule has 1 heterocycles. The first-order valence-corrected chi connectivity index (χ1v) is 7.97. The van der Waals surface area contributed by atoms with E-state index in [9.17, 15) is 0 Å². The van der Waals surface area contributed by atoms with Crippen molar-refractivity contribution in [3.63, 3.8) is 0 Å². The summed E-state index contributed by atoms with van der Waals surface area (Å²) in [4.78, 5) is 2.48. The zero-order valence-electron chi connectivity index (χ0n) is 14.0. The van der Waals surface area contributed by atoms with Gasteiger partial charge in [0.05, 0.1) is 13.2 Å². The van der Waals surface area contributed by atoms with Crippen molar-refractivity contribution < 1.29 is 4.74 Å². The number of rotatable bonds is 4. The maximum Gasteiger partial charge on any atom is 0.0594 e. The van der Waals surface area contributed by atoms with Crippen molar-refractivity contribution in [2.45, 2.75) is 45.1 Å². The van der Waals surface area contributed by atoms with E-state index in [1.54, 1.807) is 0 Å². The molecule has 3 nitrogen and oxygen atoms in total. The molecule has 21 heavy (non-hydrogen) atoms. The lowest BCUT2D eigenvalue weighted by Gasteiger charge is -2.43. The number of nitrogens with zero attached hydrogens (tertiary/aromatic N) is 1. The molecule has 0 saturated carbocycles. The number of nitrogens with two attached hydrogens (primary N) is 1. The predicted molar refractivity (Wildman–Crippen MR) is 88.7 cm³/mol. The highest BCUT2D eigenvalue weighted by Crippen LogP contribution is 2.25. The van der Waals surface area contributed by atoms with Gasteiger partial charge in [-0.2, -0.15) is 0 Å². The van der Waals surface area contributed by atoms with Gasteiger partial charge in [-0.3, -0.25) is 4.90 Å². The molecule has 118 valence electrons. The van der Waals surface area contributed by atoms with Crippen molar-refractivity contribution in [2.24, 2.45) is 5.73 Å². The minimum Gasteiger partial charge on any atom is -0.379 e. The smallest absolute Gasteiger partial charge is 0.0594 e. The van der Waals surface area contributed by atoms with Crippen LogP contribution in [0.1, 0.15) is 38.8 Å². The monoisotopic (exact) mass is 290 g/mol. The van der Waals surface area contributed by atoms with Crippen LogP contribution in [0.2, 0.25) is 0 Å². The Morgan fingerprint density at radius 2 is 1.62 bits per heavy atom. The SMILES string of the molecule is CC(C)(C)c1ccc(CC(C)(CN)N2CCOCC2)cc1. The molecular formula is C18H30N2O. The van der Waals surface area contributed by atoms with Crippen LogP contribution in [0.15, 0.2) is 24.3 Å². The molecule has 0 spiro atoms. The molecular weight excluding hydrogens is 260 g/mol. The molecule has 0 aromatic heterocycles. The normalized spacial score (nSPS) is 20.2. The maximum absolute atomic E-state index is 6.10. The summed E-state index contributed by atoms with van der Waals surface area (Å²) >= 11 is 0. The Morgan fingerprint density at radius 3 is 2.10 bits per heavy atom. The van der Waals surface area contributed by atoms with E-state index in [2.05, 4.69) is 56.9 Å². The highest BCUT2D eigenvalue weighted by molar-refractivity contribution is 5.28. The molecule has 0 bridgehead atoms. The number of hydrogen-bond donors (Lipinski definition) is 1. The molecule has 1 aliphatic rings. The van der Waals surface area contributed by atoms with Gasteiger partial charge in [0.1, 0.15) is 0 Å². The molecule has 0 radical (unpaired) electrons. The largest absolute Gasteiger partial charge is 0.379 e. The number of ether oxygens (including phenoxy) is 1. The van der Waals surface area contributed by atoms with Crippen molar-refractivity contribution in [3.8, 4) is 0 Å². The summed E-state index contributed by atoms with van der Waals surface area (Å²) in [5, 5.41) is 0. The van der Waals surface area contributed by atoms with Gasteiger partial charge < -0.3 is 10.5 Å². The van der Waals surface area contributed by atoms with E-state index in [1.807, 2.05) is 0 Å². The summed E-state index contributed by atoms with van der Waals surface area (Å²) in [6.45, 7) is 13.3. The van der Waals surface area contributed by atoms with Crippen LogP contribution in [-0.2, 0) is 16.6 Å². The van der Waals surface area contributed by atoms with Gasteiger partial charge in [-0.25, -0.2) is 0 Å². The van der Waals surface area contributed by atoms with Crippen LogP contribution in [-0.4, -0.2) is 43.3 Å². The van der Waals surface area contributed by atoms with E-state index in [4.69, 9.17) is 10.5 Å². The third-order valence-corrected chi connectivity index (χ3v) is 4.62. The van der Waals surface area contributed by atoms with Crippen LogP contribution in [0.5, 0.6) is 0 Å². The zero-order valence-corrected chi connectivity index (χ0v) is 14.0. The first kappa shape index (κ1) is 16.5. The quantitative estimate of drug-likeness (QED) is 0.926. The summed E-state index contributed by atoms with van der Waals surface area (Å²) in [6, 6.07) is 9.03. The van der Waals surface area contributed by atoms with Crippen LogP contribution in [0, 0.1) is 0 Å². The van der Waals surface area contributed by atoms with Crippen molar-refractivity contribution in [1.82, 2.24) is 4.90 Å². The lowest BCUT2D eigenvalue weighted by atomic mass is 9.85. The van der Waals surface area contributed by atoms with E-state index < -0.39 is 0 Å². The van der Waals surface area contributed by atoms with Gasteiger partial charge in [0.25, 0.3) is 0 Å². The Labute approximate surface area is 129 Å². The Bertz CT molecular complexity index is 443. The van der Waals surface area contributed by atoms with E-state index >= 15 is 0 Å². The topological polar surface area (TPSA) is 38.5 Å². The maximum atomic E-state index is 6.10. The molecule has 0 amide bonds. The average Bonchev–Trinajstić information content (AvgIpc) is 2.47. The van der Waals surface area contributed by atoms with Crippen molar-refractivity contribution in [3.05, 3.63) is 35.4 Å². The fraction of sp³-hybridized carbons (Fsp3) is 0.667. The molecule has 1 saturated heterocycles. The second kappa shape index (κ2) is 6.47. The van der Waals surface area contributed by atoms with Crippen LogP contribution in [0.25, 0.3) is 0 Å². The highest BCUT2D eigenvalue weighted by atomic mass is 16.5. The van der Waals surface area contributed by atoms with Crippen LogP contribution in [0.4, 0.5) is 0 Å². The number of hydrogen-bond acceptors (Lipinski definition) is 3. The summed E-state index contributed by atoms with van der Waals surface area (Å²) in [5.41, 5.74) is 9.08. The summed E-state index contributed by atoms with van der Waals surface area (Å²) in [5.74, 6) is 0. The number of benzene rings is 1. The average molecular weight is 290 g/mol. The second-order valence-corrected chi connectivity index (χ2v) is 7.42. The van der Waals surface area contributed by atoms with Gasteiger partial charge >= 0.3 is 0 Å². The van der Waals surface area contributed by atoms with Gasteiger partial charge in [0, 0.05) is 25.2 Å². The van der Waals surface area contributed by atoms with Crippen molar-refractivity contribution >= 4 is 0 Å². The lowest BCUT2D eigenvalue weighted by molar-refractivity contribution is -0.0132. The standard InChI is InChI=1S/C18H30N2O/c1-17(2,3)16-7-5-15(6-8-16)13-18(4,14-19)20-9-11-21-12-10-20/h5-8H,9-14,19H2,1-4H3. The molecule has 1 aromatic rings. The molecule has 3 heteroatoms. The fourth-order valence-corrected chi connectivity index (χ4v) is 2.98. The molecule has 1 aromatic carbocycles. The molecule has 1 fully saturated rings. The summed E-state index contributed by atoms with van der Waals surface area (Å²) in [7, 11) is 0. The van der Waals surface area contributed by atoms with Crippen molar-refractivity contribution in [1.29, 1.82) is 0 Å². The van der Waals surface area contributed by atoms with Gasteiger partial charge in [-0.1, -0.05) is 45.0 Å². The third-order valence-electron chi connectivity index (χ3n) is 4.62. The van der Waals surface area contributed by atoms with Crippen molar-refractivity contribution in [2.75, 3.05) is 32.8 Å². The van der Waals surface area contributed by atoms with E-state index in [-0.39, 0.29) is 11.0 Å². The van der Waals surface area contributed by atoms with Gasteiger partial charge in [0.15, 0.2) is 0 Å². The Kier molecular flexibility index (Phi) is 5.07. The van der Waals surface area contributed by atoms with Gasteiger partial charge in [-0.15, -0.1) is 0 Å². The number of morpholine rings is 1. The Morgan fingerprint density at radius 1 is 1.05 bits per heavy atom. The van der Waals surface area contributed by atoms with Gasteiger partial charge in [0.2, 0.25) is 0 Å². The second-order valence-electron chi connectivity index (χ2n) is 7.42. The van der Waals surface area contributed by atoms with E-state index in [0.717, 1.165) is 32.7 Å². The Hall–Kier alpha value is -0.900. The van der Waals surface area contributed by atoms with Crippen LogP contribution < -0.4 is 5.73 Å².